The number of carbonyl (C=O) groups excluding carboxylic acids is 2. The molecule has 0 aliphatic heterocycles. The molecule has 168 valence electrons. The van der Waals surface area contributed by atoms with Crippen LogP contribution in [-0.2, 0) is 28.7 Å². The summed E-state index contributed by atoms with van der Waals surface area (Å²) in [4.78, 5) is 28.0. The van der Waals surface area contributed by atoms with E-state index in [2.05, 4.69) is 5.32 Å². The SMILES string of the molecule is CCc1ccccc1NC(=O)CN(C)C(=O)C(C)N(C)Cc1ccccc1C(F)(F)F. The van der Waals surface area contributed by atoms with E-state index in [0.717, 1.165) is 18.1 Å². The molecule has 2 amide bonds. The Balaban J connectivity index is 2.00. The molecule has 0 radical (unpaired) electrons. The first-order chi connectivity index (χ1) is 14.5. The van der Waals surface area contributed by atoms with Crippen LogP contribution in [0, 0.1) is 0 Å². The molecule has 0 aliphatic carbocycles. The summed E-state index contributed by atoms with van der Waals surface area (Å²) < 4.78 is 39.7. The van der Waals surface area contributed by atoms with Gasteiger partial charge < -0.3 is 10.2 Å². The average Bonchev–Trinajstić information content (AvgIpc) is 2.72. The van der Waals surface area contributed by atoms with Crippen molar-refractivity contribution in [2.24, 2.45) is 0 Å². The van der Waals surface area contributed by atoms with Gasteiger partial charge in [0.15, 0.2) is 0 Å². The molecule has 1 N–H and O–H groups in total. The van der Waals surface area contributed by atoms with Crippen molar-refractivity contribution in [1.82, 2.24) is 9.80 Å². The van der Waals surface area contributed by atoms with Crippen molar-refractivity contribution < 1.29 is 22.8 Å². The fourth-order valence-corrected chi connectivity index (χ4v) is 3.28. The van der Waals surface area contributed by atoms with Crippen LogP contribution >= 0.6 is 0 Å². The Morgan fingerprint density at radius 2 is 1.58 bits per heavy atom. The number of aryl methyl sites for hydroxylation is 1. The molecule has 0 heterocycles. The minimum atomic E-state index is -4.46. The first-order valence-electron chi connectivity index (χ1n) is 10.0. The van der Waals surface area contributed by atoms with Gasteiger partial charge in [0.25, 0.3) is 0 Å². The van der Waals surface area contributed by atoms with Crippen molar-refractivity contribution in [2.45, 2.75) is 39.0 Å². The van der Waals surface area contributed by atoms with Gasteiger partial charge in [-0.3, -0.25) is 14.5 Å². The summed E-state index contributed by atoms with van der Waals surface area (Å²) in [6.07, 6.45) is -3.71. The quantitative estimate of drug-likeness (QED) is 0.677. The number of halogens is 3. The van der Waals surface area contributed by atoms with Gasteiger partial charge in [0.1, 0.15) is 0 Å². The maximum absolute atomic E-state index is 13.2. The number of rotatable bonds is 8. The second kappa shape index (κ2) is 10.4. The molecule has 0 aromatic heterocycles. The number of para-hydroxylation sites is 1. The number of benzene rings is 2. The van der Waals surface area contributed by atoms with Crippen LogP contribution in [0.1, 0.15) is 30.5 Å². The maximum atomic E-state index is 13.2. The van der Waals surface area contributed by atoms with E-state index in [1.165, 1.54) is 35.0 Å². The van der Waals surface area contributed by atoms with Gasteiger partial charge in [0.05, 0.1) is 18.2 Å². The molecular formula is C23H28F3N3O2. The van der Waals surface area contributed by atoms with Gasteiger partial charge in [0.2, 0.25) is 11.8 Å². The van der Waals surface area contributed by atoms with Crippen LogP contribution in [-0.4, -0.2) is 48.3 Å². The highest BCUT2D eigenvalue weighted by atomic mass is 19.4. The van der Waals surface area contributed by atoms with E-state index in [-0.39, 0.29) is 30.5 Å². The Labute approximate surface area is 180 Å². The number of nitrogens with zero attached hydrogens (tertiary/aromatic N) is 2. The second-order valence-corrected chi connectivity index (χ2v) is 7.50. The first kappa shape index (κ1) is 24.4. The minimum Gasteiger partial charge on any atom is -0.335 e. The highest BCUT2D eigenvalue weighted by Crippen LogP contribution is 2.32. The monoisotopic (exact) mass is 435 g/mol. The lowest BCUT2D eigenvalue weighted by Gasteiger charge is -2.28. The van der Waals surface area contributed by atoms with Crippen LogP contribution in [0.4, 0.5) is 18.9 Å². The first-order valence-corrected chi connectivity index (χ1v) is 10.0. The van der Waals surface area contributed by atoms with Crippen LogP contribution in [0.2, 0.25) is 0 Å². The van der Waals surface area contributed by atoms with Crippen molar-refractivity contribution >= 4 is 17.5 Å². The van der Waals surface area contributed by atoms with Gasteiger partial charge in [-0.2, -0.15) is 13.2 Å². The topological polar surface area (TPSA) is 52.7 Å². The summed E-state index contributed by atoms with van der Waals surface area (Å²) in [5.74, 6) is -0.695. The number of amides is 2. The molecular weight excluding hydrogens is 407 g/mol. The molecule has 1 atom stereocenters. The lowest BCUT2D eigenvalue weighted by Crippen LogP contribution is -2.46. The third-order valence-corrected chi connectivity index (χ3v) is 5.19. The van der Waals surface area contributed by atoms with E-state index >= 15 is 0 Å². The van der Waals surface area contributed by atoms with E-state index in [4.69, 9.17) is 0 Å². The van der Waals surface area contributed by atoms with Crippen molar-refractivity contribution in [3.8, 4) is 0 Å². The second-order valence-electron chi connectivity index (χ2n) is 7.50. The minimum absolute atomic E-state index is 0.0491. The zero-order chi connectivity index (χ0) is 23.2. The molecule has 2 rings (SSSR count). The molecule has 0 spiro atoms. The Morgan fingerprint density at radius 3 is 2.19 bits per heavy atom. The summed E-state index contributed by atoms with van der Waals surface area (Å²) in [5, 5.41) is 2.81. The van der Waals surface area contributed by atoms with Gasteiger partial charge in [-0.1, -0.05) is 43.3 Å². The molecule has 0 bridgehead atoms. The number of hydrogen-bond donors (Lipinski definition) is 1. The van der Waals surface area contributed by atoms with Crippen LogP contribution in [0.15, 0.2) is 48.5 Å². The summed E-state index contributed by atoms with van der Waals surface area (Å²) in [7, 11) is 3.09. The zero-order valence-corrected chi connectivity index (χ0v) is 18.2. The van der Waals surface area contributed by atoms with Crippen LogP contribution in [0.5, 0.6) is 0 Å². The molecule has 31 heavy (non-hydrogen) atoms. The van der Waals surface area contributed by atoms with Crippen LogP contribution in [0.3, 0.4) is 0 Å². The fourth-order valence-electron chi connectivity index (χ4n) is 3.28. The smallest absolute Gasteiger partial charge is 0.335 e. The van der Waals surface area contributed by atoms with Crippen molar-refractivity contribution in [1.29, 1.82) is 0 Å². The standard InChI is InChI=1S/C23H28F3N3O2/c1-5-17-10-7-9-13-20(17)27-21(30)15-29(4)22(31)16(2)28(3)14-18-11-6-8-12-19(18)23(24,25)26/h6-13,16H,5,14-15H2,1-4H3,(H,27,30). The van der Waals surface area contributed by atoms with E-state index in [1.807, 2.05) is 25.1 Å². The predicted molar refractivity (Wildman–Crippen MR) is 114 cm³/mol. The van der Waals surface area contributed by atoms with Gasteiger partial charge in [0, 0.05) is 19.3 Å². The average molecular weight is 435 g/mol. The van der Waals surface area contributed by atoms with Gasteiger partial charge in [-0.25, -0.2) is 0 Å². The van der Waals surface area contributed by atoms with Crippen molar-refractivity contribution in [3.05, 3.63) is 65.2 Å². The third-order valence-electron chi connectivity index (χ3n) is 5.19. The molecule has 2 aromatic rings. The molecule has 0 aliphatic rings. The van der Waals surface area contributed by atoms with E-state index in [1.54, 1.807) is 20.0 Å². The highest BCUT2D eigenvalue weighted by molar-refractivity contribution is 5.95. The normalized spacial score (nSPS) is 12.5. The molecule has 0 fully saturated rings. The Morgan fingerprint density at radius 1 is 1.00 bits per heavy atom. The van der Waals surface area contributed by atoms with E-state index in [0.29, 0.717) is 5.69 Å². The molecule has 5 nitrogen and oxygen atoms in total. The number of alkyl halides is 3. The summed E-state index contributed by atoms with van der Waals surface area (Å²) in [6.45, 7) is 3.38. The van der Waals surface area contributed by atoms with E-state index < -0.39 is 17.8 Å². The molecule has 0 saturated heterocycles. The molecule has 2 aromatic carbocycles. The number of likely N-dealkylation sites (N-methyl/N-ethyl adjacent to an activating group) is 2. The molecule has 0 saturated carbocycles. The fraction of sp³-hybridized carbons (Fsp3) is 0.391. The van der Waals surface area contributed by atoms with Crippen molar-refractivity contribution in [2.75, 3.05) is 26.0 Å². The Hall–Kier alpha value is -2.87. The lowest BCUT2D eigenvalue weighted by molar-refractivity contribution is -0.139. The third kappa shape index (κ3) is 6.55. The summed E-state index contributed by atoms with van der Waals surface area (Å²) in [5.41, 5.74) is 1.06. The molecule has 8 heteroatoms. The number of carbonyl (C=O) groups is 2. The lowest BCUT2D eigenvalue weighted by atomic mass is 10.1. The summed E-state index contributed by atoms with van der Waals surface area (Å²) in [6, 6.07) is 12.0. The van der Waals surface area contributed by atoms with Gasteiger partial charge >= 0.3 is 6.18 Å². The van der Waals surface area contributed by atoms with Gasteiger partial charge in [-0.15, -0.1) is 0 Å². The molecule has 1 unspecified atom stereocenters. The Bertz CT molecular complexity index is 915. The van der Waals surface area contributed by atoms with Crippen molar-refractivity contribution in [3.63, 3.8) is 0 Å². The summed E-state index contributed by atoms with van der Waals surface area (Å²) >= 11 is 0. The van der Waals surface area contributed by atoms with Crippen LogP contribution in [0.25, 0.3) is 0 Å². The van der Waals surface area contributed by atoms with Gasteiger partial charge in [-0.05, 0) is 43.7 Å². The number of nitrogens with one attached hydrogen (secondary N) is 1. The maximum Gasteiger partial charge on any atom is 0.416 e. The number of anilines is 1. The predicted octanol–water partition coefficient (Wildman–Crippen LogP) is 4.19. The van der Waals surface area contributed by atoms with E-state index in [9.17, 15) is 22.8 Å². The zero-order valence-electron chi connectivity index (χ0n) is 18.2. The largest absolute Gasteiger partial charge is 0.416 e. The van der Waals surface area contributed by atoms with Crippen LogP contribution < -0.4 is 5.32 Å². The number of hydrogen-bond acceptors (Lipinski definition) is 3. The Kier molecular flexibility index (Phi) is 8.21. The highest BCUT2D eigenvalue weighted by Gasteiger charge is 2.33.